The number of nitrogens with zero attached hydrogens (tertiary/aromatic N) is 3. The Hall–Kier alpha value is -3.42. The van der Waals surface area contributed by atoms with Gasteiger partial charge in [-0.15, -0.1) is 0 Å². The van der Waals surface area contributed by atoms with Crippen LogP contribution < -0.4 is 14.8 Å². The molecule has 1 N–H and O–H groups in total. The van der Waals surface area contributed by atoms with Crippen LogP contribution >= 0.6 is 0 Å². The standard InChI is InChI=1S/C25H26N4O3/c1-30-20-8-9-22-19(14-20)13-18(17-32-22)15-29-11-12-31-23(16-29)21-5-4-7-25(27-21)28-24-6-2-3-10-26-24/h2-10,13-14,23H,11-12,15-17H2,1H3,(H,26,27,28). The minimum atomic E-state index is -0.0771. The molecule has 2 aliphatic rings. The fourth-order valence-corrected chi connectivity index (χ4v) is 4.00. The lowest BCUT2D eigenvalue weighted by Crippen LogP contribution is -2.40. The van der Waals surface area contributed by atoms with Gasteiger partial charge < -0.3 is 19.5 Å². The van der Waals surface area contributed by atoms with E-state index in [0.717, 1.165) is 54.0 Å². The third kappa shape index (κ3) is 4.74. The minimum Gasteiger partial charge on any atom is -0.497 e. The predicted molar refractivity (Wildman–Crippen MR) is 123 cm³/mol. The van der Waals surface area contributed by atoms with Gasteiger partial charge in [0.25, 0.3) is 0 Å². The highest BCUT2D eigenvalue weighted by Crippen LogP contribution is 2.31. The van der Waals surface area contributed by atoms with E-state index in [1.54, 1.807) is 13.3 Å². The van der Waals surface area contributed by atoms with Gasteiger partial charge in [-0.3, -0.25) is 4.90 Å². The van der Waals surface area contributed by atoms with E-state index in [1.165, 1.54) is 5.57 Å². The maximum atomic E-state index is 6.06. The first-order valence-electron chi connectivity index (χ1n) is 10.8. The largest absolute Gasteiger partial charge is 0.497 e. The smallest absolute Gasteiger partial charge is 0.131 e. The highest BCUT2D eigenvalue weighted by atomic mass is 16.5. The van der Waals surface area contributed by atoms with Crippen molar-refractivity contribution in [3.8, 4) is 11.5 Å². The summed E-state index contributed by atoms with van der Waals surface area (Å²) < 4.78 is 17.4. The highest BCUT2D eigenvalue weighted by Gasteiger charge is 2.25. The molecule has 7 nitrogen and oxygen atoms in total. The molecule has 32 heavy (non-hydrogen) atoms. The average molecular weight is 431 g/mol. The normalized spacial score (nSPS) is 18.3. The Morgan fingerprint density at radius 3 is 2.94 bits per heavy atom. The molecule has 0 amide bonds. The Morgan fingerprint density at radius 2 is 2.06 bits per heavy atom. The molecule has 1 aromatic carbocycles. The van der Waals surface area contributed by atoms with E-state index >= 15 is 0 Å². The van der Waals surface area contributed by atoms with Gasteiger partial charge in [0.1, 0.15) is 35.8 Å². The predicted octanol–water partition coefficient (Wildman–Crippen LogP) is 4.08. The van der Waals surface area contributed by atoms with Crippen molar-refractivity contribution in [3.63, 3.8) is 0 Å². The first-order valence-corrected chi connectivity index (χ1v) is 10.8. The van der Waals surface area contributed by atoms with Gasteiger partial charge in [-0.05, 0) is 54.1 Å². The Bertz CT molecular complexity index is 1100. The maximum Gasteiger partial charge on any atom is 0.131 e. The van der Waals surface area contributed by atoms with Crippen LogP contribution in [-0.2, 0) is 4.74 Å². The second-order valence-electron chi connectivity index (χ2n) is 7.88. The summed E-state index contributed by atoms with van der Waals surface area (Å²) in [5.74, 6) is 3.26. The highest BCUT2D eigenvalue weighted by molar-refractivity contribution is 5.64. The zero-order valence-corrected chi connectivity index (χ0v) is 18.0. The molecule has 3 aromatic rings. The first kappa shape index (κ1) is 20.5. The van der Waals surface area contributed by atoms with Crippen molar-refractivity contribution >= 4 is 17.7 Å². The van der Waals surface area contributed by atoms with E-state index in [2.05, 4.69) is 21.3 Å². The van der Waals surface area contributed by atoms with Crippen molar-refractivity contribution in [2.75, 3.05) is 45.3 Å². The number of ether oxygens (including phenoxy) is 3. The average Bonchev–Trinajstić information content (AvgIpc) is 2.84. The van der Waals surface area contributed by atoms with E-state index in [1.807, 2.05) is 54.6 Å². The summed E-state index contributed by atoms with van der Waals surface area (Å²) in [4.78, 5) is 11.5. The second kappa shape index (κ2) is 9.38. The Labute approximate surface area is 187 Å². The Kier molecular flexibility index (Phi) is 6.00. The third-order valence-corrected chi connectivity index (χ3v) is 5.59. The van der Waals surface area contributed by atoms with E-state index in [-0.39, 0.29) is 6.10 Å². The van der Waals surface area contributed by atoms with Crippen LogP contribution in [0, 0.1) is 0 Å². The third-order valence-electron chi connectivity index (χ3n) is 5.59. The summed E-state index contributed by atoms with van der Waals surface area (Å²) >= 11 is 0. The van der Waals surface area contributed by atoms with Gasteiger partial charge in [-0.25, -0.2) is 9.97 Å². The van der Waals surface area contributed by atoms with Crippen LogP contribution in [0.5, 0.6) is 11.5 Å². The number of fused-ring (bicyclic) bond motifs is 1. The molecular weight excluding hydrogens is 404 g/mol. The molecule has 7 heteroatoms. The number of benzene rings is 1. The first-order chi connectivity index (χ1) is 15.8. The fourth-order valence-electron chi connectivity index (χ4n) is 4.00. The number of methoxy groups -OCH3 is 1. The summed E-state index contributed by atoms with van der Waals surface area (Å²) in [6.45, 7) is 3.77. The van der Waals surface area contributed by atoms with E-state index < -0.39 is 0 Å². The summed E-state index contributed by atoms with van der Waals surface area (Å²) in [6.07, 6.45) is 3.89. The van der Waals surface area contributed by atoms with Crippen molar-refractivity contribution in [2.24, 2.45) is 0 Å². The SMILES string of the molecule is COc1ccc2c(c1)C=C(CN1CCOC(c3cccc(Nc4ccccn4)n3)C1)CO2. The van der Waals surface area contributed by atoms with Gasteiger partial charge in [0, 0.05) is 31.4 Å². The quantitative estimate of drug-likeness (QED) is 0.632. The minimum absolute atomic E-state index is 0.0771. The Morgan fingerprint density at radius 1 is 1.12 bits per heavy atom. The number of morpholine rings is 1. The van der Waals surface area contributed by atoms with Crippen molar-refractivity contribution in [3.05, 3.63) is 77.6 Å². The van der Waals surface area contributed by atoms with Crippen molar-refractivity contribution in [1.82, 2.24) is 14.9 Å². The molecule has 2 aromatic heterocycles. The summed E-state index contributed by atoms with van der Waals surface area (Å²) in [5, 5.41) is 3.25. The number of hydrogen-bond acceptors (Lipinski definition) is 7. The topological polar surface area (TPSA) is 68.7 Å². The molecule has 164 valence electrons. The molecule has 0 aliphatic carbocycles. The molecule has 1 atom stereocenters. The molecular formula is C25H26N4O3. The van der Waals surface area contributed by atoms with Crippen LogP contribution in [-0.4, -0.2) is 54.8 Å². The molecule has 0 radical (unpaired) electrons. The fraction of sp³-hybridized carbons (Fsp3) is 0.280. The van der Waals surface area contributed by atoms with E-state index in [4.69, 9.17) is 19.2 Å². The monoisotopic (exact) mass is 430 g/mol. The molecule has 4 heterocycles. The lowest BCUT2D eigenvalue weighted by Gasteiger charge is -2.34. The lowest BCUT2D eigenvalue weighted by atomic mass is 10.1. The van der Waals surface area contributed by atoms with Crippen molar-refractivity contribution in [2.45, 2.75) is 6.10 Å². The lowest BCUT2D eigenvalue weighted by molar-refractivity contribution is -0.0293. The number of rotatable bonds is 6. The van der Waals surface area contributed by atoms with E-state index in [9.17, 15) is 0 Å². The number of anilines is 2. The van der Waals surface area contributed by atoms with Crippen molar-refractivity contribution in [1.29, 1.82) is 0 Å². The summed E-state index contributed by atoms with van der Waals surface area (Å²) in [7, 11) is 1.68. The second-order valence-corrected chi connectivity index (χ2v) is 7.88. The summed E-state index contributed by atoms with van der Waals surface area (Å²) in [5.41, 5.74) is 3.22. The van der Waals surface area contributed by atoms with Crippen LogP contribution in [0.4, 0.5) is 11.6 Å². The van der Waals surface area contributed by atoms with Gasteiger partial charge in [0.05, 0.1) is 19.4 Å². The van der Waals surface area contributed by atoms with Gasteiger partial charge in [0.2, 0.25) is 0 Å². The van der Waals surface area contributed by atoms with Gasteiger partial charge in [-0.1, -0.05) is 12.1 Å². The zero-order chi connectivity index (χ0) is 21.8. The summed E-state index contributed by atoms with van der Waals surface area (Å²) in [6, 6.07) is 17.6. The van der Waals surface area contributed by atoms with Crippen LogP contribution in [0.1, 0.15) is 17.4 Å². The Balaban J connectivity index is 1.26. The number of pyridine rings is 2. The van der Waals surface area contributed by atoms with E-state index in [0.29, 0.717) is 13.2 Å². The van der Waals surface area contributed by atoms with Crippen LogP contribution in [0.3, 0.4) is 0 Å². The molecule has 1 unspecified atom stereocenters. The molecule has 0 bridgehead atoms. The van der Waals surface area contributed by atoms with Crippen LogP contribution in [0.15, 0.2) is 66.4 Å². The molecule has 1 saturated heterocycles. The van der Waals surface area contributed by atoms with Crippen LogP contribution in [0.25, 0.3) is 6.08 Å². The van der Waals surface area contributed by atoms with Gasteiger partial charge in [0.15, 0.2) is 0 Å². The van der Waals surface area contributed by atoms with Crippen LogP contribution in [0.2, 0.25) is 0 Å². The number of nitrogens with one attached hydrogen (secondary N) is 1. The van der Waals surface area contributed by atoms with Gasteiger partial charge in [-0.2, -0.15) is 0 Å². The molecule has 0 spiro atoms. The maximum absolute atomic E-state index is 6.06. The zero-order valence-electron chi connectivity index (χ0n) is 18.0. The molecule has 2 aliphatic heterocycles. The molecule has 1 fully saturated rings. The number of hydrogen-bond donors (Lipinski definition) is 1. The molecule has 5 rings (SSSR count). The number of aromatic nitrogens is 2. The molecule has 0 saturated carbocycles. The van der Waals surface area contributed by atoms with Gasteiger partial charge >= 0.3 is 0 Å². The van der Waals surface area contributed by atoms with Crippen molar-refractivity contribution < 1.29 is 14.2 Å².